The number of carbonyl (C=O) groups is 1. The van der Waals surface area contributed by atoms with Crippen LogP contribution in [0.2, 0.25) is 5.02 Å². The van der Waals surface area contributed by atoms with Crippen molar-refractivity contribution in [1.29, 1.82) is 0 Å². The summed E-state index contributed by atoms with van der Waals surface area (Å²) < 4.78 is 13.2. The van der Waals surface area contributed by atoms with Crippen LogP contribution in [0.5, 0.6) is 0 Å². The minimum Gasteiger partial charge on any atom is -0.303 e. The zero-order valence-corrected chi connectivity index (χ0v) is 8.07. The van der Waals surface area contributed by atoms with E-state index in [1.807, 2.05) is 6.92 Å². The Balaban J connectivity index is 2.94. The highest BCUT2D eigenvalue weighted by Crippen LogP contribution is 2.20. The quantitative estimate of drug-likeness (QED) is 0.686. The molecule has 70 valence electrons. The van der Waals surface area contributed by atoms with E-state index in [2.05, 4.69) is 0 Å². The predicted octanol–water partition coefficient (Wildman–Crippen LogP) is 2.92. The van der Waals surface area contributed by atoms with Crippen molar-refractivity contribution in [2.75, 3.05) is 0 Å². The molecule has 0 saturated carbocycles. The Morgan fingerprint density at radius 1 is 1.54 bits per heavy atom. The Morgan fingerprint density at radius 2 is 2.23 bits per heavy atom. The molecule has 1 aromatic carbocycles. The first-order chi connectivity index (χ1) is 6.15. The van der Waals surface area contributed by atoms with E-state index in [4.69, 9.17) is 11.6 Å². The van der Waals surface area contributed by atoms with E-state index in [9.17, 15) is 9.18 Å². The smallest absolute Gasteiger partial charge is 0.127 e. The molecule has 1 rings (SSSR count). The van der Waals surface area contributed by atoms with Gasteiger partial charge in [0.25, 0.3) is 0 Å². The fourth-order valence-corrected chi connectivity index (χ4v) is 1.27. The van der Waals surface area contributed by atoms with Gasteiger partial charge in [-0.1, -0.05) is 17.7 Å². The lowest BCUT2D eigenvalue weighted by Gasteiger charge is -2.03. The number of carbonyl (C=O) groups excluding carboxylic acids is 1. The third kappa shape index (κ3) is 2.52. The first-order valence-corrected chi connectivity index (χ1v) is 4.41. The third-order valence-corrected chi connectivity index (χ3v) is 2.27. The Labute approximate surface area is 81.5 Å². The fraction of sp³-hybridized carbons (Fsp3) is 0.300. The van der Waals surface area contributed by atoms with Crippen LogP contribution in [0, 0.1) is 12.7 Å². The Kier molecular flexibility index (Phi) is 3.43. The molecular formula is C10H10ClFO. The number of hydrogen-bond donors (Lipinski definition) is 0. The number of halogens is 2. The highest BCUT2D eigenvalue weighted by Gasteiger charge is 2.05. The monoisotopic (exact) mass is 200 g/mol. The maximum atomic E-state index is 13.2. The van der Waals surface area contributed by atoms with Gasteiger partial charge in [0.15, 0.2) is 0 Å². The molecule has 0 fully saturated rings. The molecule has 0 heterocycles. The van der Waals surface area contributed by atoms with Gasteiger partial charge in [0.2, 0.25) is 0 Å². The summed E-state index contributed by atoms with van der Waals surface area (Å²) in [6.45, 7) is 1.81. The van der Waals surface area contributed by atoms with Crippen LogP contribution in [-0.2, 0) is 11.2 Å². The van der Waals surface area contributed by atoms with E-state index < -0.39 is 0 Å². The van der Waals surface area contributed by atoms with Crippen molar-refractivity contribution >= 4 is 17.9 Å². The van der Waals surface area contributed by atoms with Gasteiger partial charge < -0.3 is 4.79 Å². The summed E-state index contributed by atoms with van der Waals surface area (Å²) >= 11 is 5.71. The van der Waals surface area contributed by atoms with Crippen LogP contribution in [0.1, 0.15) is 17.5 Å². The molecule has 0 N–H and O–H groups in total. The Bertz CT molecular complexity index is 323. The van der Waals surface area contributed by atoms with Gasteiger partial charge in [-0.25, -0.2) is 4.39 Å². The normalized spacial score (nSPS) is 10.1. The van der Waals surface area contributed by atoms with Gasteiger partial charge in [0.1, 0.15) is 12.1 Å². The lowest BCUT2D eigenvalue weighted by molar-refractivity contribution is -0.107. The van der Waals surface area contributed by atoms with Crippen molar-refractivity contribution in [3.8, 4) is 0 Å². The molecule has 1 aromatic rings. The van der Waals surface area contributed by atoms with Gasteiger partial charge in [0.05, 0.1) is 0 Å². The molecular weight excluding hydrogens is 191 g/mol. The van der Waals surface area contributed by atoms with Gasteiger partial charge in [-0.15, -0.1) is 0 Å². The third-order valence-electron chi connectivity index (χ3n) is 1.86. The number of aryl methyl sites for hydroxylation is 2. The van der Waals surface area contributed by atoms with Crippen molar-refractivity contribution < 1.29 is 9.18 Å². The lowest BCUT2D eigenvalue weighted by atomic mass is 10.1. The first-order valence-electron chi connectivity index (χ1n) is 4.03. The Hall–Kier alpha value is -0.890. The molecule has 0 aliphatic heterocycles. The van der Waals surface area contributed by atoms with Crippen molar-refractivity contribution in [3.05, 3.63) is 34.1 Å². The predicted molar refractivity (Wildman–Crippen MR) is 50.5 cm³/mol. The van der Waals surface area contributed by atoms with Crippen LogP contribution in [0.3, 0.4) is 0 Å². The SMILES string of the molecule is Cc1cc(CCC=O)c(F)cc1Cl. The molecule has 0 amide bonds. The highest BCUT2D eigenvalue weighted by atomic mass is 35.5. The average Bonchev–Trinajstić information content (AvgIpc) is 2.09. The molecule has 13 heavy (non-hydrogen) atoms. The number of aldehydes is 1. The molecule has 0 spiro atoms. The van der Waals surface area contributed by atoms with E-state index in [-0.39, 0.29) is 5.82 Å². The first kappa shape index (κ1) is 10.2. The maximum absolute atomic E-state index is 13.2. The van der Waals surface area contributed by atoms with Gasteiger partial charge in [-0.2, -0.15) is 0 Å². The van der Waals surface area contributed by atoms with Gasteiger partial charge in [-0.05, 0) is 30.5 Å². The molecule has 0 aliphatic carbocycles. The summed E-state index contributed by atoms with van der Waals surface area (Å²) in [6, 6.07) is 2.97. The molecule has 0 bridgehead atoms. The standard InChI is InChI=1S/C10H10ClFO/c1-7-5-8(3-2-4-13)10(12)6-9(7)11/h4-6H,2-3H2,1H3. The van der Waals surface area contributed by atoms with Gasteiger partial charge >= 0.3 is 0 Å². The number of benzene rings is 1. The summed E-state index contributed by atoms with van der Waals surface area (Å²) in [6.07, 6.45) is 1.56. The summed E-state index contributed by atoms with van der Waals surface area (Å²) in [4.78, 5) is 10.1. The minimum atomic E-state index is -0.336. The molecule has 0 atom stereocenters. The van der Waals surface area contributed by atoms with Gasteiger partial charge in [0, 0.05) is 11.4 Å². The molecule has 0 saturated heterocycles. The topological polar surface area (TPSA) is 17.1 Å². The largest absolute Gasteiger partial charge is 0.303 e. The van der Waals surface area contributed by atoms with Crippen LogP contribution in [0.25, 0.3) is 0 Å². The van der Waals surface area contributed by atoms with Crippen LogP contribution in [0.4, 0.5) is 4.39 Å². The zero-order chi connectivity index (χ0) is 9.84. The van der Waals surface area contributed by atoms with Crippen molar-refractivity contribution in [3.63, 3.8) is 0 Å². The van der Waals surface area contributed by atoms with E-state index >= 15 is 0 Å². The van der Waals surface area contributed by atoms with Crippen LogP contribution < -0.4 is 0 Å². The van der Waals surface area contributed by atoms with E-state index in [1.165, 1.54) is 6.07 Å². The molecule has 0 unspecified atom stereocenters. The average molecular weight is 201 g/mol. The second-order valence-electron chi connectivity index (χ2n) is 2.90. The molecule has 0 aromatic heterocycles. The highest BCUT2D eigenvalue weighted by molar-refractivity contribution is 6.31. The number of hydrogen-bond acceptors (Lipinski definition) is 1. The molecule has 0 radical (unpaired) electrons. The summed E-state index contributed by atoms with van der Waals surface area (Å²) in [5, 5.41) is 0.423. The fourth-order valence-electron chi connectivity index (χ4n) is 1.12. The second-order valence-corrected chi connectivity index (χ2v) is 3.31. The second kappa shape index (κ2) is 4.38. The number of rotatable bonds is 3. The molecule has 0 aliphatic rings. The lowest BCUT2D eigenvalue weighted by Crippen LogP contribution is -1.93. The van der Waals surface area contributed by atoms with E-state index in [0.717, 1.165) is 11.8 Å². The van der Waals surface area contributed by atoms with E-state index in [0.29, 0.717) is 23.4 Å². The minimum absolute atomic E-state index is 0.336. The van der Waals surface area contributed by atoms with Crippen LogP contribution in [0.15, 0.2) is 12.1 Å². The maximum Gasteiger partial charge on any atom is 0.127 e. The van der Waals surface area contributed by atoms with Crippen molar-refractivity contribution in [2.45, 2.75) is 19.8 Å². The van der Waals surface area contributed by atoms with Crippen molar-refractivity contribution in [1.82, 2.24) is 0 Å². The van der Waals surface area contributed by atoms with Crippen LogP contribution in [-0.4, -0.2) is 6.29 Å². The van der Waals surface area contributed by atoms with Crippen molar-refractivity contribution in [2.24, 2.45) is 0 Å². The molecule has 3 heteroatoms. The zero-order valence-electron chi connectivity index (χ0n) is 7.31. The summed E-state index contributed by atoms with van der Waals surface area (Å²) in [5.74, 6) is -0.336. The Morgan fingerprint density at radius 3 is 2.85 bits per heavy atom. The van der Waals surface area contributed by atoms with Crippen LogP contribution >= 0.6 is 11.6 Å². The molecule has 1 nitrogen and oxygen atoms in total. The van der Waals surface area contributed by atoms with E-state index in [1.54, 1.807) is 6.07 Å². The summed E-state index contributed by atoms with van der Waals surface area (Å²) in [5.41, 5.74) is 1.39. The summed E-state index contributed by atoms with van der Waals surface area (Å²) in [7, 11) is 0. The van der Waals surface area contributed by atoms with Gasteiger partial charge in [-0.3, -0.25) is 0 Å².